The Morgan fingerprint density at radius 1 is 1.23 bits per heavy atom. The number of hydrogen-bond acceptors (Lipinski definition) is 3. The Hall–Kier alpha value is -2.18. The molecule has 0 aliphatic carbocycles. The molecule has 138 valence electrons. The van der Waals surface area contributed by atoms with Crippen molar-refractivity contribution in [3.8, 4) is 0 Å². The number of aryl methyl sites for hydroxylation is 1. The quantitative estimate of drug-likeness (QED) is 0.721. The van der Waals surface area contributed by atoms with Crippen LogP contribution in [-0.2, 0) is 22.4 Å². The van der Waals surface area contributed by atoms with Gasteiger partial charge in [-0.15, -0.1) is 11.3 Å². The number of nitrogens with one attached hydrogen (secondary N) is 3. The first kappa shape index (κ1) is 18.6. The van der Waals surface area contributed by atoms with Crippen LogP contribution in [0.15, 0.2) is 35.7 Å². The minimum absolute atomic E-state index is 0.00223. The van der Waals surface area contributed by atoms with E-state index < -0.39 is 0 Å². The number of anilines is 1. The number of amides is 2. The highest BCUT2D eigenvalue weighted by atomic mass is 32.1. The van der Waals surface area contributed by atoms with Crippen molar-refractivity contribution in [2.45, 2.75) is 32.7 Å². The predicted molar refractivity (Wildman–Crippen MR) is 105 cm³/mol. The third kappa shape index (κ3) is 4.31. The highest BCUT2D eigenvalue weighted by Gasteiger charge is 2.29. The highest BCUT2D eigenvalue weighted by Crippen LogP contribution is 2.24. The zero-order valence-corrected chi connectivity index (χ0v) is 16.1. The molecule has 1 aromatic carbocycles. The lowest BCUT2D eigenvalue weighted by Crippen LogP contribution is -3.14. The molecule has 1 aromatic heterocycles. The average molecular weight is 373 g/mol. The van der Waals surface area contributed by atoms with Gasteiger partial charge in [-0.2, -0.15) is 0 Å². The van der Waals surface area contributed by atoms with Crippen LogP contribution in [0.5, 0.6) is 0 Å². The molecular formula is C20H26N3O2S+. The summed E-state index contributed by atoms with van der Waals surface area (Å²) in [4.78, 5) is 27.1. The van der Waals surface area contributed by atoms with Gasteiger partial charge < -0.3 is 15.5 Å². The molecule has 0 saturated carbocycles. The van der Waals surface area contributed by atoms with E-state index in [0.717, 1.165) is 30.6 Å². The molecule has 1 aliphatic heterocycles. The van der Waals surface area contributed by atoms with E-state index in [4.69, 9.17) is 0 Å². The number of rotatable bonds is 6. The lowest BCUT2D eigenvalue weighted by molar-refractivity contribution is -0.924. The number of fused-ring (bicyclic) bond motifs is 1. The van der Waals surface area contributed by atoms with Crippen LogP contribution in [0.1, 0.15) is 35.9 Å². The molecule has 1 unspecified atom stereocenters. The molecule has 6 heteroatoms. The summed E-state index contributed by atoms with van der Waals surface area (Å²) < 4.78 is 0. The zero-order valence-electron chi connectivity index (χ0n) is 15.3. The molecule has 0 bridgehead atoms. The SMILES string of the molecule is CCc1ccccc1NC(=O)CNC(=O)C[NH+]1CCc2sccc2[C@@H]1C. The fourth-order valence-corrected chi connectivity index (χ4v) is 4.46. The van der Waals surface area contributed by atoms with Crippen molar-refractivity contribution in [3.63, 3.8) is 0 Å². The van der Waals surface area contributed by atoms with Gasteiger partial charge in [-0.1, -0.05) is 25.1 Å². The van der Waals surface area contributed by atoms with E-state index >= 15 is 0 Å². The normalized spacial score (nSPS) is 18.8. The molecule has 3 rings (SSSR count). The summed E-state index contributed by atoms with van der Waals surface area (Å²) >= 11 is 1.80. The van der Waals surface area contributed by atoms with Crippen LogP contribution in [0.4, 0.5) is 5.69 Å². The maximum atomic E-state index is 12.3. The molecule has 5 nitrogen and oxygen atoms in total. The summed E-state index contributed by atoms with van der Waals surface area (Å²) in [5.41, 5.74) is 3.26. The monoisotopic (exact) mass is 372 g/mol. The van der Waals surface area contributed by atoms with Gasteiger partial charge in [0.15, 0.2) is 6.54 Å². The van der Waals surface area contributed by atoms with E-state index in [-0.39, 0.29) is 18.4 Å². The van der Waals surface area contributed by atoms with Crippen LogP contribution in [0.3, 0.4) is 0 Å². The van der Waals surface area contributed by atoms with Crippen LogP contribution < -0.4 is 15.5 Å². The van der Waals surface area contributed by atoms with Crippen molar-refractivity contribution in [2.75, 3.05) is 25.0 Å². The van der Waals surface area contributed by atoms with Crippen molar-refractivity contribution in [1.82, 2.24) is 5.32 Å². The smallest absolute Gasteiger partial charge is 0.275 e. The van der Waals surface area contributed by atoms with E-state index in [1.165, 1.54) is 15.3 Å². The minimum Gasteiger partial charge on any atom is -0.342 e. The summed E-state index contributed by atoms with van der Waals surface area (Å²) in [6.45, 7) is 5.58. The third-order valence-corrected chi connectivity index (χ3v) is 6.03. The molecule has 0 fully saturated rings. The molecule has 0 spiro atoms. The van der Waals surface area contributed by atoms with Crippen LogP contribution in [0, 0.1) is 0 Å². The maximum Gasteiger partial charge on any atom is 0.275 e. The lowest BCUT2D eigenvalue weighted by atomic mass is 10.0. The predicted octanol–water partition coefficient (Wildman–Crippen LogP) is 1.57. The Bertz CT molecular complexity index is 787. The molecule has 2 aromatic rings. The second kappa shape index (κ2) is 8.47. The zero-order chi connectivity index (χ0) is 18.5. The lowest BCUT2D eigenvalue weighted by Gasteiger charge is -2.29. The fourth-order valence-electron chi connectivity index (χ4n) is 3.48. The van der Waals surface area contributed by atoms with Gasteiger partial charge >= 0.3 is 0 Å². The molecule has 1 aliphatic rings. The fraction of sp³-hybridized carbons (Fsp3) is 0.400. The van der Waals surface area contributed by atoms with Gasteiger partial charge in [0.25, 0.3) is 5.91 Å². The Balaban J connectivity index is 1.48. The minimum atomic E-state index is -0.193. The van der Waals surface area contributed by atoms with Gasteiger partial charge in [-0.25, -0.2) is 0 Å². The Morgan fingerprint density at radius 3 is 2.85 bits per heavy atom. The molecule has 26 heavy (non-hydrogen) atoms. The second-order valence-corrected chi connectivity index (χ2v) is 7.69. The van der Waals surface area contributed by atoms with Gasteiger partial charge in [-0.05, 0) is 36.4 Å². The average Bonchev–Trinajstić information content (AvgIpc) is 3.12. The van der Waals surface area contributed by atoms with Crippen molar-refractivity contribution in [3.05, 3.63) is 51.7 Å². The summed E-state index contributed by atoms with van der Waals surface area (Å²) in [5.74, 6) is -0.273. The van der Waals surface area contributed by atoms with E-state index in [1.807, 2.05) is 31.2 Å². The largest absolute Gasteiger partial charge is 0.342 e. The summed E-state index contributed by atoms with van der Waals surface area (Å²) in [6.07, 6.45) is 1.87. The van der Waals surface area contributed by atoms with Gasteiger partial charge in [0.05, 0.1) is 13.1 Å². The number of thiophene rings is 1. The standard InChI is InChI=1S/C20H25N3O2S/c1-3-15-6-4-5-7-17(15)22-19(24)12-21-20(25)13-23-10-8-18-16(14(23)2)9-11-26-18/h4-7,9,11,14H,3,8,10,12-13H2,1-2H3,(H,21,25)(H,22,24)/p+1/t14-/m0/s1. The number of hydrogen-bond donors (Lipinski definition) is 3. The van der Waals surface area contributed by atoms with E-state index in [0.29, 0.717) is 12.6 Å². The first-order valence-electron chi connectivity index (χ1n) is 9.13. The topological polar surface area (TPSA) is 62.6 Å². The second-order valence-electron chi connectivity index (χ2n) is 6.69. The summed E-state index contributed by atoms with van der Waals surface area (Å²) in [5, 5.41) is 7.76. The first-order chi connectivity index (χ1) is 12.6. The number of benzene rings is 1. The molecule has 2 amide bonds. The van der Waals surface area contributed by atoms with Crippen molar-refractivity contribution in [2.24, 2.45) is 0 Å². The Morgan fingerprint density at radius 2 is 2.04 bits per heavy atom. The number of para-hydroxylation sites is 1. The highest BCUT2D eigenvalue weighted by molar-refractivity contribution is 7.10. The molecule has 2 heterocycles. The molecule has 0 saturated heterocycles. The van der Waals surface area contributed by atoms with Crippen molar-refractivity contribution >= 4 is 28.8 Å². The van der Waals surface area contributed by atoms with Gasteiger partial charge in [-0.3, -0.25) is 9.59 Å². The van der Waals surface area contributed by atoms with Gasteiger partial charge in [0.2, 0.25) is 5.91 Å². The Kier molecular flexibility index (Phi) is 6.06. The summed E-state index contributed by atoms with van der Waals surface area (Å²) in [7, 11) is 0. The first-order valence-corrected chi connectivity index (χ1v) is 10.0. The van der Waals surface area contributed by atoms with E-state index in [9.17, 15) is 9.59 Å². The van der Waals surface area contributed by atoms with Crippen LogP contribution >= 0.6 is 11.3 Å². The summed E-state index contributed by atoms with van der Waals surface area (Å²) in [6, 6.07) is 10.2. The van der Waals surface area contributed by atoms with Gasteiger partial charge in [0.1, 0.15) is 6.04 Å². The van der Waals surface area contributed by atoms with E-state index in [2.05, 4.69) is 29.0 Å². The number of carbonyl (C=O) groups is 2. The van der Waals surface area contributed by atoms with Gasteiger partial charge in [0, 0.05) is 22.5 Å². The van der Waals surface area contributed by atoms with Crippen molar-refractivity contribution < 1.29 is 14.5 Å². The van der Waals surface area contributed by atoms with E-state index in [1.54, 1.807) is 11.3 Å². The number of quaternary nitrogens is 1. The van der Waals surface area contributed by atoms with Crippen LogP contribution in [0.25, 0.3) is 0 Å². The van der Waals surface area contributed by atoms with Crippen LogP contribution in [-0.4, -0.2) is 31.4 Å². The Labute approximate surface area is 158 Å². The third-order valence-electron chi connectivity index (χ3n) is 5.04. The molecule has 3 N–H and O–H groups in total. The maximum absolute atomic E-state index is 12.3. The molecule has 0 radical (unpaired) electrons. The molecule has 2 atom stereocenters. The van der Waals surface area contributed by atoms with Crippen molar-refractivity contribution in [1.29, 1.82) is 0 Å². The molecular weight excluding hydrogens is 346 g/mol. The van der Waals surface area contributed by atoms with Crippen LogP contribution in [0.2, 0.25) is 0 Å². The number of carbonyl (C=O) groups excluding carboxylic acids is 2.